The number of hydrogen-bond donors (Lipinski definition) is 1. The number of benzene rings is 1. The molecule has 1 aliphatic carbocycles. The number of nitriles is 3. The molecule has 1 heterocycles. The van der Waals surface area contributed by atoms with Gasteiger partial charge in [0.1, 0.15) is 0 Å². The van der Waals surface area contributed by atoms with Crippen molar-refractivity contribution < 1.29 is 13.2 Å². The maximum absolute atomic E-state index is 13.8. The third-order valence-corrected chi connectivity index (χ3v) is 6.00. The summed E-state index contributed by atoms with van der Waals surface area (Å²) in [5, 5.41) is 29.6. The molecule has 2 aliphatic rings. The van der Waals surface area contributed by atoms with Gasteiger partial charge in [-0.2, -0.15) is 29.0 Å². The number of nitrogens with zero attached hydrogens (tertiary/aromatic N) is 4. The van der Waals surface area contributed by atoms with Crippen LogP contribution < -0.4 is 5.73 Å². The number of nitrogens with two attached hydrogens (primary N) is 1. The quantitative estimate of drug-likeness (QED) is 0.745. The molecule has 0 aromatic heterocycles. The lowest BCUT2D eigenvalue weighted by Gasteiger charge is -2.46. The molecule has 8 heteroatoms. The van der Waals surface area contributed by atoms with Gasteiger partial charge in [-0.15, -0.1) is 0 Å². The van der Waals surface area contributed by atoms with Crippen LogP contribution in [0.1, 0.15) is 30.9 Å². The summed E-state index contributed by atoms with van der Waals surface area (Å²) in [5.41, 5.74) is 3.32. The highest BCUT2D eigenvalue weighted by molar-refractivity contribution is 5.59. The molecule has 0 spiro atoms. The fraction of sp³-hybridized carbons (Fsp3) is 0.409. The van der Waals surface area contributed by atoms with Crippen molar-refractivity contribution in [2.45, 2.75) is 32.0 Å². The van der Waals surface area contributed by atoms with E-state index in [4.69, 9.17) is 5.73 Å². The first-order chi connectivity index (χ1) is 14.1. The van der Waals surface area contributed by atoms with Crippen LogP contribution >= 0.6 is 0 Å². The molecule has 3 rings (SSSR count). The topological polar surface area (TPSA) is 101 Å². The molecule has 0 bridgehead atoms. The van der Waals surface area contributed by atoms with Crippen molar-refractivity contribution in [3.63, 3.8) is 0 Å². The van der Waals surface area contributed by atoms with Crippen LogP contribution in [0, 0.1) is 45.3 Å². The number of rotatable bonds is 2. The van der Waals surface area contributed by atoms with E-state index < -0.39 is 29.0 Å². The normalized spacial score (nSPS) is 23.8. The maximum atomic E-state index is 13.8. The molecular weight excluding hydrogens is 391 g/mol. The Morgan fingerprint density at radius 3 is 2.33 bits per heavy atom. The van der Waals surface area contributed by atoms with Crippen molar-refractivity contribution in [3.05, 3.63) is 58.3 Å². The lowest BCUT2D eigenvalue weighted by Crippen LogP contribution is -2.49. The standard InChI is InChI=1S/C22H20F3N5/c1-13(2)30-8-7-17-16(10-30)19(14-5-3-4-6-18(14)22(23,24)25)15(9-26)20(29)21(17,11-27)12-28/h3-7,13,16,19H,8,10,29H2,1-2H3/t16-,19-/m0/s1. The third-order valence-electron chi connectivity index (χ3n) is 6.00. The molecule has 30 heavy (non-hydrogen) atoms. The number of halogens is 3. The Hall–Kier alpha value is -3.28. The van der Waals surface area contributed by atoms with Crippen LogP contribution in [0.3, 0.4) is 0 Å². The Bertz CT molecular complexity index is 1030. The smallest absolute Gasteiger partial charge is 0.399 e. The van der Waals surface area contributed by atoms with Crippen LogP contribution in [-0.4, -0.2) is 24.0 Å². The van der Waals surface area contributed by atoms with Gasteiger partial charge in [-0.25, -0.2) is 0 Å². The minimum atomic E-state index is -4.62. The second-order valence-corrected chi connectivity index (χ2v) is 7.79. The molecule has 0 unspecified atom stereocenters. The molecule has 2 atom stereocenters. The van der Waals surface area contributed by atoms with Gasteiger partial charge in [0.05, 0.1) is 35.0 Å². The van der Waals surface area contributed by atoms with E-state index in [1.807, 2.05) is 37.0 Å². The van der Waals surface area contributed by atoms with Gasteiger partial charge in [-0.3, -0.25) is 4.90 Å². The Balaban J connectivity index is 2.36. The molecule has 0 saturated heterocycles. The van der Waals surface area contributed by atoms with E-state index in [1.165, 1.54) is 18.2 Å². The van der Waals surface area contributed by atoms with Crippen molar-refractivity contribution in [3.8, 4) is 18.2 Å². The van der Waals surface area contributed by atoms with Crippen LogP contribution in [0.2, 0.25) is 0 Å². The van der Waals surface area contributed by atoms with Gasteiger partial charge in [0.25, 0.3) is 0 Å². The van der Waals surface area contributed by atoms with Crippen LogP contribution in [0.4, 0.5) is 13.2 Å². The van der Waals surface area contributed by atoms with E-state index >= 15 is 0 Å². The summed E-state index contributed by atoms with van der Waals surface area (Å²) >= 11 is 0. The van der Waals surface area contributed by atoms with E-state index in [2.05, 4.69) is 0 Å². The van der Waals surface area contributed by atoms with E-state index in [1.54, 1.807) is 6.08 Å². The lowest BCUT2D eigenvalue weighted by molar-refractivity contribution is -0.138. The Kier molecular flexibility index (Phi) is 5.37. The molecule has 0 fully saturated rings. The number of allylic oxidation sites excluding steroid dienone is 2. The molecule has 5 nitrogen and oxygen atoms in total. The summed E-state index contributed by atoms with van der Waals surface area (Å²) in [6.45, 7) is 4.66. The molecule has 0 amide bonds. The highest BCUT2D eigenvalue weighted by atomic mass is 19.4. The molecule has 0 radical (unpaired) electrons. The van der Waals surface area contributed by atoms with Crippen LogP contribution in [0.25, 0.3) is 0 Å². The monoisotopic (exact) mass is 411 g/mol. The largest absolute Gasteiger partial charge is 0.416 e. The molecule has 154 valence electrons. The van der Waals surface area contributed by atoms with E-state index in [9.17, 15) is 29.0 Å². The first-order valence-electron chi connectivity index (χ1n) is 9.45. The minimum absolute atomic E-state index is 0.0736. The first kappa shape index (κ1) is 21.4. The Labute approximate surface area is 173 Å². The predicted octanol–water partition coefficient (Wildman–Crippen LogP) is 3.84. The fourth-order valence-electron chi connectivity index (χ4n) is 4.46. The molecule has 0 saturated carbocycles. The highest BCUT2D eigenvalue weighted by Gasteiger charge is 2.53. The second kappa shape index (κ2) is 7.52. The lowest BCUT2D eigenvalue weighted by atomic mass is 9.59. The molecule has 1 aromatic rings. The second-order valence-electron chi connectivity index (χ2n) is 7.79. The predicted molar refractivity (Wildman–Crippen MR) is 103 cm³/mol. The average molecular weight is 411 g/mol. The fourth-order valence-corrected chi connectivity index (χ4v) is 4.46. The zero-order valence-corrected chi connectivity index (χ0v) is 16.5. The third kappa shape index (κ3) is 3.12. The zero-order valence-electron chi connectivity index (χ0n) is 16.5. The van der Waals surface area contributed by atoms with Crippen LogP contribution in [-0.2, 0) is 6.18 Å². The van der Waals surface area contributed by atoms with Crippen molar-refractivity contribution in [1.82, 2.24) is 4.90 Å². The van der Waals surface area contributed by atoms with Gasteiger partial charge in [0.15, 0.2) is 0 Å². The minimum Gasteiger partial charge on any atom is -0.399 e. The van der Waals surface area contributed by atoms with Gasteiger partial charge in [-0.05, 0) is 31.1 Å². The molecule has 1 aliphatic heterocycles. The van der Waals surface area contributed by atoms with Gasteiger partial charge >= 0.3 is 6.18 Å². The zero-order chi connectivity index (χ0) is 22.3. The number of fused-ring (bicyclic) bond motifs is 1. The van der Waals surface area contributed by atoms with E-state index in [0.29, 0.717) is 18.7 Å². The molecular formula is C22H20F3N5. The summed E-state index contributed by atoms with van der Waals surface area (Å²) < 4.78 is 41.4. The summed E-state index contributed by atoms with van der Waals surface area (Å²) in [4.78, 5) is 2.04. The number of hydrogen-bond acceptors (Lipinski definition) is 5. The average Bonchev–Trinajstić information content (AvgIpc) is 2.72. The SMILES string of the molecule is CC(C)N1CC=C2[C@H](C1)[C@@H](c1ccccc1C(F)(F)F)C(C#N)=C(N)C2(C#N)C#N. The van der Waals surface area contributed by atoms with E-state index in [0.717, 1.165) is 6.07 Å². The molecule has 1 aromatic carbocycles. The summed E-state index contributed by atoms with van der Waals surface area (Å²) in [6.07, 6.45) is -2.91. The van der Waals surface area contributed by atoms with Gasteiger partial charge < -0.3 is 5.73 Å². The van der Waals surface area contributed by atoms with E-state index in [-0.39, 0.29) is 22.9 Å². The van der Waals surface area contributed by atoms with Crippen molar-refractivity contribution in [1.29, 1.82) is 15.8 Å². The van der Waals surface area contributed by atoms with Gasteiger partial charge in [0, 0.05) is 31.0 Å². The van der Waals surface area contributed by atoms with Crippen molar-refractivity contribution >= 4 is 0 Å². The molecule has 2 N–H and O–H groups in total. The summed E-state index contributed by atoms with van der Waals surface area (Å²) in [5.74, 6) is -1.67. The Morgan fingerprint density at radius 2 is 1.80 bits per heavy atom. The van der Waals surface area contributed by atoms with Crippen LogP contribution in [0.15, 0.2) is 47.2 Å². The van der Waals surface area contributed by atoms with Crippen molar-refractivity contribution in [2.24, 2.45) is 17.1 Å². The van der Waals surface area contributed by atoms with Gasteiger partial charge in [0.2, 0.25) is 5.41 Å². The van der Waals surface area contributed by atoms with Gasteiger partial charge in [-0.1, -0.05) is 24.3 Å². The van der Waals surface area contributed by atoms with Crippen LogP contribution in [0.5, 0.6) is 0 Å². The summed E-state index contributed by atoms with van der Waals surface area (Å²) in [6, 6.07) is 11.0. The first-order valence-corrected chi connectivity index (χ1v) is 9.45. The van der Waals surface area contributed by atoms with Crippen molar-refractivity contribution in [2.75, 3.05) is 13.1 Å². The number of alkyl halides is 3. The Morgan fingerprint density at radius 1 is 1.17 bits per heavy atom. The summed E-state index contributed by atoms with van der Waals surface area (Å²) in [7, 11) is 0. The highest BCUT2D eigenvalue weighted by Crippen LogP contribution is 2.54. The maximum Gasteiger partial charge on any atom is 0.416 e.